The molecule has 1 aromatic rings. The summed E-state index contributed by atoms with van der Waals surface area (Å²) in [6, 6.07) is 1.27. The fraction of sp³-hybridized carbons (Fsp3) is 0.545. The SMILES string of the molecule is CCC(C)(CC)Nc1ncc(Cl)cc1F. The number of rotatable bonds is 4. The lowest BCUT2D eigenvalue weighted by atomic mass is 9.95. The van der Waals surface area contributed by atoms with E-state index in [0.29, 0.717) is 5.02 Å². The normalized spacial score (nSPS) is 11.5. The van der Waals surface area contributed by atoms with Crippen LogP contribution in [0.2, 0.25) is 5.02 Å². The van der Waals surface area contributed by atoms with E-state index >= 15 is 0 Å². The predicted molar refractivity (Wildman–Crippen MR) is 61.8 cm³/mol. The Morgan fingerprint density at radius 2 is 2.07 bits per heavy atom. The Labute approximate surface area is 94.9 Å². The van der Waals surface area contributed by atoms with Gasteiger partial charge in [0.05, 0.1) is 5.02 Å². The highest BCUT2D eigenvalue weighted by atomic mass is 35.5. The lowest BCUT2D eigenvalue weighted by Crippen LogP contribution is -2.33. The van der Waals surface area contributed by atoms with E-state index in [1.165, 1.54) is 12.3 Å². The number of nitrogens with zero attached hydrogens (tertiary/aromatic N) is 1. The lowest BCUT2D eigenvalue weighted by molar-refractivity contribution is 0.471. The molecule has 1 heterocycles. The van der Waals surface area contributed by atoms with Crippen LogP contribution in [-0.4, -0.2) is 10.5 Å². The summed E-state index contributed by atoms with van der Waals surface area (Å²) in [6.07, 6.45) is 3.26. The lowest BCUT2D eigenvalue weighted by Gasteiger charge is -2.28. The van der Waals surface area contributed by atoms with Gasteiger partial charge in [-0.05, 0) is 25.8 Å². The van der Waals surface area contributed by atoms with Crippen LogP contribution >= 0.6 is 11.6 Å². The number of hydrogen-bond acceptors (Lipinski definition) is 2. The molecule has 0 bridgehead atoms. The summed E-state index contributed by atoms with van der Waals surface area (Å²) < 4.78 is 13.4. The zero-order valence-corrected chi connectivity index (χ0v) is 10.0. The number of aromatic nitrogens is 1. The van der Waals surface area contributed by atoms with Crippen molar-refractivity contribution in [2.45, 2.75) is 39.2 Å². The number of pyridine rings is 1. The maximum Gasteiger partial charge on any atom is 0.166 e. The molecule has 0 aliphatic rings. The van der Waals surface area contributed by atoms with Crippen LogP contribution in [0, 0.1) is 5.82 Å². The molecule has 0 unspecified atom stereocenters. The van der Waals surface area contributed by atoms with Gasteiger partial charge in [-0.3, -0.25) is 0 Å². The average molecular weight is 231 g/mol. The van der Waals surface area contributed by atoms with Crippen LogP contribution in [0.5, 0.6) is 0 Å². The van der Waals surface area contributed by atoms with E-state index in [0.717, 1.165) is 12.8 Å². The maximum atomic E-state index is 13.4. The fourth-order valence-corrected chi connectivity index (χ4v) is 1.36. The largest absolute Gasteiger partial charge is 0.363 e. The van der Waals surface area contributed by atoms with Crippen molar-refractivity contribution in [3.05, 3.63) is 23.1 Å². The molecule has 1 N–H and O–H groups in total. The molecule has 0 amide bonds. The number of halogens is 2. The Morgan fingerprint density at radius 1 is 1.47 bits per heavy atom. The van der Waals surface area contributed by atoms with Crippen LogP contribution in [0.4, 0.5) is 10.2 Å². The second-order valence-electron chi connectivity index (χ2n) is 3.88. The molecule has 0 atom stereocenters. The minimum Gasteiger partial charge on any atom is -0.363 e. The van der Waals surface area contributed by atoms with Crippen molar-refractivity contribution in [2.24, 2.45) is 0 Å². The Balaban J connectivity index is 2.89. The molecule has 0 aliphatic heterocycles. The van der Waals surface area contributed by atoms with Crippen molar-refractivity contribution < 1.29 is 4.39 Å². The molecule has 4 heteroatoms. The Kier molecular flexibility index (Phi) is 3.91. The van der Waals surface area contributed by atoms with Crippen LogP contribution in [-0.2, 0) is 0 Å². The first kappa shape index (κ1) is 12.2. The molecule has 0 radical (unpaired) electrons. The van der Waals surface area contributed by atoms with E-state index in [9.17, 15) is 4.39 Å². The van der Waals surface area contributed by atoms with Crippen LogP contribution < -0.4 is 5.32 Å². The van der Waals surface area contributed by atoms with Gasteiger partial charge in [-0.1, -0.05) is 25.4 Å². The summed E-state index contributed by atoms with van der Waals surface area (Å²) in [7, 11) is 0. The first-order valence-corrected chi connectivity index (χ1v) is 5.48. The smallest absolute Gasteiger partial charge is 0.166 e. The molecule has 0 fully saturated rings. The van der Waals surface area contributed by atoms with Crippen molar-refractivity contribution in [2.75, 3.05) is 5.32 Å². The third-order valence-corrected chi connectivity index (χ3v) is 3.00. The quantitative estimate of drug-likeness (QED) is 0.850. The van der Waals surface area contributed by atoms with Gasteiger partial charge in [-0.15, -0.1) is 0 Å². The van der Waals surface area contributed by atoms with Gasteiger partial charge in [-0.25, -0.2) is 9.37 Å². The highest BCUT2D eigenvalue weighted by Crippen LogP contribution is 2.23. The van der Waals surface area contributed by atoms with Gasteiger partial charge in [0, 0.05) is 11.7 Å². The van der Waals surface area contributed by atoms with Gasteiger partial charge in [-0.2, -0.15) is 0 Å². The first-order valence-electron chi connectivity index (χ1n) is 5.10. The molecule has 0 saturated heterocycles. The van der Waals surface area contributed by atoms with E-state index in [1.807, 2.05) is 6.92 Å². The molecule has 1 rings (SSSR count). The molecule has 0 aliphatic carbocycles. The van der Waals surface area contributed by atoms with E-state index in [4.69, 9.17) is 11.6 Å². The van der Waals surface area contributed by atoms with E-state index < -0.39 is 5.82 Å². The molecule has 15 heavy (non-hydrogen) atoms. The summed E-state index contributed by atoms with van der Waals surface area (Å²) in [4.78, 5) is 3.94. The number of anilines is 1. The van der Waals surface area contributed by atoms with Crippen molar-refractivity contribution in [1.82, 2.24) is 4.98 Å². The topological polar surface area (TPSA) is 24.9 Å². The second kappa shape index (κ2) is 4.79. The maximum absolute atomic E-state index is 13.4. The molecule has 84 valence electrons. The third-order valence-electron chi connectivity index (χ3n) is 2.79. The summed E-state index contributed by atoms with van der Waals surface area (Å²) in [5, 5.41) is 3.42. The summed E-state index contributed by atoms with van der Waals surface area (Å²) in [5.41, 5.74) is -0.123. The molecule has 0 spiro atoms. The second-order valence-corrected chi connectivity index (χ2v) is 4.31. The highest BCUT2D eigenvalue weighted by molar-refractivity contribution is 6.30. The van der Waals surface area contributed by atoms with E-state index in [1.54, 1.807) is 0 Å². The standard InChI is InChI=1S/C11H16ClFN2/c1-4-11(3,5-2)15-10-9(13)6-8(12)7-14-10/h6-7H,4-5H2,1-3H3,(H,14,15). The molecule has 0 saturated carbocycles. The minimum absolute atomic E-state index is 0.123. The number of nitrogens with one attached hydrogen (secondary N) is 1. The monoisotopic (exact) mass is 230 g/mol. The van der Waals surface area contributed by atoms with Gasteiger partial charge in [0.15, 0.2) is 11.6 Å². The molecule has 2 nitrogen and oxygen atoms in total. The molecular weight excluding hydrogens is 215 g/mol. The molecule has 1 aromatic heterocycles. The zero-order valence-electron chi connectivity index (χ0n) is 9.27. The van der Waals surface area contributed by atoms with Crippen molar-refractivity contribution in [3.63, 3.8) is 0 Å². The average Bonchev–Trinajstić information content (AvgIpc) is 2.22. The van der Waals surface area contributed by atoms with Crippen LogP contribution in [0.3, 0.4) is 0 Å². The van der Waals surface area contributed by atoms with Crippen molar-refractivity contribution in [1.29, 1.82) is 0 Å². The van der Waals surface area contributed by atoms with E-state index in [2.05, 4.69) is 24.1 Å². The first-order chi connectivity index (χ1) is 7.00. The van der Waals surface area contributed by atoms with E-state index in [-0.39, 0.29) is 11.4 Å². The van der Waals surface area contributed by atoms with Gasteiger partial charge >= 0.3 is 0 Å². The number of hydrogen-bond donors (Lipinski definition) is 1. The molecular formula is C11H16ClFN2. The van der Waals surface area contributed by atoms with Gasteiger partial charge < -0.3 is 5.32 Å². The molecule has 0 aromatic carbocycles. The zero-order chi connectivity index (χ0) is 11.5. The summed E-state index contributed by atoms with van der Waals surface area (Å²) in [5.74, 6) is -0.138. The van der Waals surface area contributed by atoms with Crippen molar-refractivity contribution >= 4 is 17.4 Å². The third kappa shape index (κ3) is 3.06. The summed E-state index contributed by atoms with van der Waals surface area (Å²) in [6.45, 7) is 6.16. The van der Waals surface area contributed by atoms with Crippen molar-refractivity contribution in [3.8, 4) is 0 Å². The van der Waals surface area contributed by atoms with Crippen LogP contribution in [0.1, 0.15) is 33.6 Å². The van der Waals surface area contributed by atoms with Gasteiger partial charge in [0.2, 0.25) is 0 Å². The fourth-order valence-electron chi connectivity index (χ4n) is 1.22. The van der Waals surface area contributed by atoms with Gasteiger partial charge in [0.25, 0.3) is 0 Å². The Bertz CT molecular complexity index is 337. The Morgan fingerprint density at radius 3 is 2.53 bits per heavy atom. The summed E-state index contributed by atoms with van der Waals surface area (Å²) >= 11 is 5.63. The minimum atomic E-state index is -0.407. The Hall–Kier alpha value is -0.830. The predicted octanol–water partition coefficient (Wildman–Crippen LogP) is 3.86. The van der Waals surface area contributed by atoms with Crippen LogP contribution in [0.25, 0.3) is 0 Å². The van der Waals surface area contributed by atoms with Gasteiger partial charge in [0.1, 0.15) is 0 Å². The van der Waals surface area contributed by atoms with Crippen LogP contribution in [0.15, 0.2) is 12.3 Å². The highest BCUT2D eigenvalue weighted by Gasteiger charge is 2.21.